The number of anilines is 1. The van der Waals surface area contributed by atoms with Crippen molar-refractivity contribution in [3.05, 3.63) is 44.9 Å². The van der Waals surface area contributed by atoms with Gasteiger partial charge in [-0.25, -0.2) is 10.4 Å². The summed E-state index contributed by atoms with van der Waals surface area (Å²) >= 11 is 13.6. The first kappa shape index (κ1) is 17.2. The average Bonchev–Trinajstić information content (AvgIpc) is 2.97. The van der Waals surface area contributed by atoms with Crippen LogP contribution < -0.4 is 10.3 Å². The second-order valence-corrected chi connectivity index (χ2v) is 7.15. The van der Waals surface area contributed by atoms with Crippen LogP contribution in [0.25, 0.3) is 0 Å². The summed E-state index contributed by atoms with van der Waals surface area (Å²) in [6.07, 6.45) is 5.13. The summed E-state index contributed by atoms with van der Waals surface area (Å²) in [6, 6.07) is 6.81. The number of halogens is 2. The number of hydrazone groups is 1. The first-order valence-corrected chi connectivity index (χ1v) is 9.21. The van der Waals surface area contributed by atoms with E-state index in [4.69, 9.17) is 23.2 Å². The Hall–Kier alpha value is -1.63. The predicted molar refractivity (Wildman–Crippen MR) is 99.7 cm³/mol. The normalized spacial score (nSPS) is 15.0. The molecule has 2 heterocycles. The summed E-state index contributed by atoms with van der Waals surface area (Å²) in [5, 5.41) is 5.65. The Morgan fingerprint density at radius 2 is 2.00 bits per heavy atom. The van der Waals surface area contributed by atoms with E-state index in [0.29, 0.717) is 15.7 Å². The molecule has 0 saturated carbocycles. The van der Waals surface area contributed by atoms with Gasteiger partial charge in [0.15, 0.2) is 10.3 Å². The van der Waals surface area contributed by atoms with Crippen LogP contribution in [-0.2, 0) is 0 Å². The van der Waals surface area contributed by atoms with Gasteiger partial charge in [-0.2, -0.15) is 5.10 Å². The number of aromatic nitrogens is 1. The number of rotatable bonds is 4. The molecule has 0 radical (unpaired) electrons. The molecular weight excluding hydrogens is 367 g/mol. The Morgan fingerprint density at radius 1 is 1.25 bits per heavy atom. The van der Waals surface area contributed by atoms with Gasteiger partial charge in [-0.05, 0) is 31.4 Å². The molecule has 5 nitrogen and oxygen atoms in total. The smallest absolute Gasteiger partial charge is 0.272 e. The zero-order chi connectivity index (χ0) is 16.9. The molecule has 126 valence electrons. The second-order valence-electron chi connectivity index (χ2n) is 5.38. The van der Waals surface area contributed by atoms with Crippen molar-refractivity contribution >= 4 is 51.8 Å². The maximum Gasteiger partial charge on any atom is 0.272 e. The zero-order valence-electron chi connectivity index (χ0n) is 12.8. The van der Waals surface area contributed by atoms with Crippen molar-refractivity contribution in [3.8, 4) is 0 Å². The number of benzene rings is 1. The fourth-order valence-corrected chi connectivity index (χ4v) is 3.85. The maximum atomic E-state index is 12.0. The Balaban J connectivity index is 1.65. The summed E-state index contributed by atoms with van der Waals surface area (Å²) in [6.45, 7) is 2.01. The van der Waals surface area contributed by atoms with Crippen molar-refractivity contribution < 1.29 is 4.79 Å². The lowest BCUT2D eigenvalue weighted by atomic mass is 10.1. The third-order valence-electron chi connectivity index (χ3n) is 3.69. The van der Waals surface area contributed by atoms with Gasteiger partial charge in [-0.1, -0.05) is 46.7 Å². The van der Waals surface area contributed by atoms with Crippen LogP contribution in [0.2, 0.25) is 10.2 Å². The average molecular weight is 383 g/mol. The number of nitrogens with one attached hydrogen (secondary N) is 1. The van der Waals surface area contributed by atoms with Gasteiger partial charge >= 0.3 is 0 Å². The van der Waals surface area contributed by atoms with Crippen molar-refractivity contribution in [2.24, 2.45) is 5.10 Å². The molecule has 1 N–H and O–H groups in total. The summed E-state index contributed by atoms with van der Waals surface area (Å²) < 4.78 is 0. The van der Waals surface area contributed by atoms with Crippen LogP contribution in [-0.4, -0.2) is 30.2 Å². The highest BCUT2D eigenvalue weighted by molar-refractivity contribution is 7.17. The molecule has 1 amide bonds. The Kier molecular flexibility index (Phi) is 5.71. The first-order valence-electron chi connectivity index (χ1n) is 7.64. The van der Waals surface area contributed by atoms with E-state index in [0.717, 1.165) is 23.1 Å². The van der Waals surface area contributed by atoms with Gasteiger partial charge in [-0.15, -0.1) is 0 Å². The number of carbonyl (C=O) groups is 1. The fraction of sp³-hybridized carbons (Fsp3) is 0.312. The van der Waals surface area contributed by atoms with Crippen LogP contribution in [0, 0.1) is 0 Å². The Labute approximate surface area is 154 Å². The van der Waals surface area contributed by atoms with E-state index in [2.05, 4.69) is 20.4 Å². The number of nitrogens with zero attached hydrogens (tertiary/aromatic N) is 3. The molecule has 1 aliphatic rings. The number of carbonyl (C=O) groups excluding carboxylic acids is 1. The summed E-state index contributed by atoms with van der Waals surface area (Å²) in [5.41, 5.74) is 2.83. The van der Waals surface area contributed by atoms with Crippen LogP contribution >= 0.6 is 34.5 Å². The van der Waals surface area contributed by atoms with Crippen LogP contribution in [0.3, 0.4) is 0 Å². The number of thiazole rings is 1. The molecule has 8 heteroatoms. The van der Waals surface area contributed by atoms with Crippen LogP contribution in [0.1, 0.15) is 34.5 Å². The van der Waals surface area contributed by atoms with Gasteiger partial charge in [0, 0.05) is 13.1 Å². The van der Waals surface area contributed by atoms with Crippen molar-refractivity contribution in [1.82, 2.24) is 10.4 Å². The van der Waals surface area contributed by atoms with Crippen molar-refractivity contribution in [1.29, 1.82) is 0 Å². The molecule has 0 unspecified atom stereocenters. The molecule has 24 heavy (non-hydrogen) atoms. The molecule has 1 aliphatic heterocycles. The lowest BCUT2D eigenvalue weighted by molar-refractivity contribution is 0.0955. The third kappa shape index (κ3) is 4.06. The molecule has 1 aromatic carbocycles. The van der Waals surface area contributed by atoms with E-state index in [1.54, 1.807) is 24.3 Å². The fourth-order valence-electron chi connectivity index (χ4n) is 2.46. The number of hydrogen-bond donors (Lipinski definition) is 1. The van der Waals surface area contributed by atoms with Crippen LogP contribution in [0.4, 0.5) is 5.13 Å². The monoisotopic (exact) mass is 382 g/mol. The van der Waals surface area contributed by atoms with Crippen LogP contribution in [0.15, 0.2) is 29.4 Å². The zero-order valence-corrected chi connectivity index (χ0v) is 15.2. The largest absolute Gasteiger partial charge is 0.348 e. The Bertz CT molecular complexity index is 756. The number of amides is 1. The van der Waals surface area contributed by atoms with Gasteiger partial charge in [-0.3, -0.25) is 4.79 Å². The third-order valence-corrected chi connectivity index (χ3v) is 5.47. The molecule has 2 aromatic rings. The minimum atomic E-state index is -0.367. The molecule has 0 spiro atoms. The topological polar surface area (TPSA) is 57.6 Å². The summed E-state index contributed by atoms with van der Waals surface area (Å²) in [5.74, 6) is -0.367. The minimum Gasteiger partial charge on any atom is -0.348 e. The highest BCUT2D eigenvalue weighted by Crippen LogP contribution is 2.30. The van der Waals surface area contributed by atoms with Gasteiger partial charge < -0.3 is 4.90 Å². The van der Waals surface area contributed by atoms with Crippen molar-refractivity contribution in [2.75, 3.05) is 18.0 Å². The lowest BCUT2D eigenvalue weighted by Crippen LogP contribution is -2.29. The van der Waals surface area contributed by atoms with E-state index in [1.807, 2.05) is 0 Å². The van der Waals surface area contributed by atoms with E-state index < -0.39 is 0 Å². The molecule has 1 fully saturated rings. The highest BCUT2D eigenvalue weighted by atomic mass is 35.5. The minimum absolute atomic E-state index is 0.367. The molecule has 0 bridgehead atoms. The molecule has 0 atom stereocenters. The van der Waals surface area contributed by atoms with Crippen molar-refractivity contribution in [2.45, 2.75) is 19.3 Å². The van der Waals surface area contributed by atoms with Gasteiger partial charge in [0.25, 0.3) is 5.91 Å². The maximum absolute atomic E-state index is 12.0. The lowest BCUT2D eigenvalue weighted by Gasteiger charge is -2.25. The molecule has 0 aliphatic carbocycles. The second kappa shape index (κ2) is 7.96. The predicted octanol–water partition coefficient (Wildman–Crippen LogP) is 4.20. The quantitative estimate of drug-likeness (QED) is 0.636. The van der Waals surface area contributed by atoms with Crippen LogP contribution in [0.5, 0.6) is 0 Å². The van der Waals surface area contributed by atoms with E-state index >= 15 is 0 Å². The van der Waals surface area contributed by atoms with Gasteiger partial charge in [0.1, 0.15) is 0 Å². The number of hydrogen-bond acceptors (Lipinski definition) is 5. The molecule has 1 aromatic heterocycles. The van der Waals surface area contributed by atoms with Gasteiger partial charge in [0.2, 0.25) is 0 Å². The standard InChI is InChI=1S/C16H16Cl2N4OS/c17-12-7-3-2-6-11(12)15(23)21-19-10-13-14(18)20-16(24-13)22-8-4-1-5-9-22/h2-3,6-7,10H,1,4-5,8-9H2,(H,21,23)/b19-10-. The van der Waals surface area contributed by atoms with E-state index in [9.17, 15) is 4.79 Å². The van der Waals surface area contributed by atoms with E-state index in [-0.39, 0.29) is 5.91 Å². The number of piperidine rings is 1. The van der Waals surface area contributed by atoms with E-state index in [1.165, 1.54) is 36.8 Å². The highest BCUT2D eigenvalue weighted by Gasteiger charge is 2.16. The Morgan fingerprint density at radius 3 is 2.75 bits per heavy atom. The molecule has 1 saturated heterocycles. The summed E-state index contributed by atoms with van der Waals surface area (Å²) in [4.78, 5) is 19.4. The summed E-state index contributed by atoms with van der Waals surface area (Å²) in [7, 11) is 0. The van der Waals surface area contributed by atoms with Gasteiger partial charge in [0.05, 0.1) is 21.7 Å². The van der Waals surface area contributed by atoms with Crippen molar-refractivity contribution in [3.63, 3.8) is 0 Å². The molecule has 3 rings (SSSR count). The first-order chi connectivity index (χ1) is 11.6. The SMILES string of the molecule is O=C(N/N=C\c1sc(N2CCCCC2)nc1Cl)c1ccccc1Cl. The molecular formula is C16H16Cl2N4OS.